The number of fused-ring (bicyclic) bond motifs is 1. The highest BCUT2D eigenvalue weighted by Gasteiger charge is 2.44. The fourth-order valence-corrected chi connectivity index (χ4v) is 4.79. The molecule has 2 aromatic rings. The number of piperidine rings is 1. The van der Waals surface area contributed by atoms with Crippen molar-refractivity contribution in [1.29, 1.82) is 0 Å². The van der Waals surface area contributed by atoms with E-state index in [2.05, 4.69) is 15.1 Å². The summed E-state index contributed by atoms with van der Waals surface area (Å²) in [6.45, 7) is 1.90. The zero-order valence-corrected chi connectivity index (χ0v) is 18.2. The molecule has 0 aliphatic carbocycles. The van der Waals surface area contributed by atoms with Crippen molar-refractivity contribution in [2.75, 3.05) is 43.5 Å². The summed E-state index contributed by atoms with van der Waals surface area (Å²) in [6, 6.07) is 9.29. The quantitative estimate of drug-likeness (QED) is 0.635. The molecule has 172 valence electrons. The molecule has 1 spiro atoms. The van der Waals surface area contributed by atoms with Crippen LogP contribution in [0.2, 0.25) is 0 Å². The number of rotatable bonds is 6. The number of nitrogens with one attached hydrogen (secondary N) is 1. The molecule has 2 aliphatic heterocycles. The summed E-state index contributed by atoms with van der Waals surface area (Å²) >= 11 is 0. The van der Waals surface area contributed by atoms with E-state index in [-0.39, 0.29) is 24.5 Å². The second-order valence-corrected chi connectivity index (χ2v) is 8.85. The lowest BCUT2D eigenvalue weighted by Gasteiger charge is -2.51. The minimum absolute atomic E-state index is 0.00892. The maximum atomic E-state index is 14.1. The highest BCUT2D eigenvalue weighted by Crippen LogP contribution is 2.42. The van der Waals surface area contributed by atoms with Gasteiger partial charge in [0.05, 0.1) is 18.4 Å². The van der Waals surface area contributed by atoms with Gasteiger partial charge < -0.3 is 20.4 Å². The van der Waals surface area contributed by atoms with Crippen LogP contribution in [-0.4, -0.2) is 65.8 Å². The Bertz CT molecular complexity index is 992. The van der Waals surface area contributed by atoms with E-state index in [1.165, 1.54) is 18.2 Å². The van der Waals surface area contributed by atoms with Gasteiger partial charge in [-0.2, -0.15) is 0 Å². The van der Waals surface area contributed by atoms with E-state index < -0.39 is 17.7 Å². The first-order valence-corrected chi connectivity index (χ1v) is 10.9. The number of anilines is 2. The predicted octanol–water partition coefficient (Wildman–Crippen LogP) is 2.79. The average Bonchev–Trinajstić information content (AvgIpc) is 2.79. The molecular weight excluding hydrogens is 416 g/mol. The van der Waals surface area contributed by atoms with Crippen LogP contribution in [0.15, 0.2) is 36.4 Å². The van der Waals surface area contributed by atoms with Crippen molar-refractivity contribution < 1.29 is 23.8 Å². The summed E-state index contributed by atoms with van der Waals surface area (Å²) in [5.74, 6) is -0.811. The van der Waals surface area contributed by atoms with Gasteiger partial charge >= 0.3 is 0 Å². The molecule has 2 heterocycles. The second-order valence-electron chi connectivity index (χ2n) is 8.85. The van der Waals surface area contributed by atoms with Crippen molar-refractivity contribution in [3.8, 4) is 0 Å². The highest BCUT2D eigenvalue weighted by molar-refractivity contribution is 6.04. The minimum Gasteiger partial charge on any atom is -0.394 e. The molecule has 0 saturated carbocycles. The van der Waals surface area contributed by atoms with E-state index in [0.717, 1.165) is 37.2 Å². The van der Waals surface area contributed by atoms with Gasteiger partial charge in [-0.3, -0.25) is 9.69 Å². The number of likely N-dealkylation sites (tertiary alicyclic amines) is 1. The van der Waals surface area contributed by atoms with E-state index in [1.54, 1.807) is 18.2 Å². The number of aliphatic hydroxyl groups excluding tert-OH is 2. The van der Waals surface area contributed by atoms with Crippen LogP contribution in [0, 0.1) is 11.6 Å². The molecule has 0 unspecified atom stereocenters. The first-order valence-electron chi connectivity index (χ1n) is 10.9. The van der Waals surface area contributed by atoms with Crippen LogP contribution >= 0.6 is 0 Å². The standard InChI is InChI=1S/C24H29F2N3O3/c1-28-22-5-3-17(25)11-19(22)23(32)12-24(28)6-8-29(9-7-24)14-16-2-4-20(26)21(10-16)27-13-18(31)15-30/h2-5,10-11,18,27,30-31H,6-9,12-15H2,1H3/t18-/m0/s1. The van der Waals surface area contributed by atoms with Gasteiger partial charge in [-0.1, -0.05) is 6.07 Å². The highest BCUT2D eigenvalue weighted by atomic mass is 19.1. The SMILES string of the molecule is CN1c2ccc(F)cc2C(=O)CC12CCN(Cc1ccc(F)c(NC[C@H](O)CO)c1)CC2. The van der Waals surface area contributed by atoms with Crippen molar-refractivity contribution in [1.82, 2.24) is 4.90 Å². The molecule has 1 fully saturated rings. The summed E-state index contributed by atoms with van der Waals surface area (Å²) in [7, 11) is 1.98. The van der Waals surface area contributed by atoms with Gasteiger partial charge in [-0.05, 0) is 48.7 Å². The summed E-state index contributed by atoms with van der Waals surface area (Å²) in [6.07, 6.45) is 1.04. The van der Waals surface area contributed by atoms with Crippen LogP contribution < -0.4 is 10.2 Å². The third kappa shape index (κ3) is 4.48. The third-order valence-corrected chi connectivity index (χ3v) is 6.78. The fraction of sp³-hybridized carbons (Fsp3) is 0.458. The molecular formula is C24H29F2N3O3. The predicted molar refractivity (Wildman–Crippen MR) is 119 cm³/mol. The largest absolute Gasteiger partial charge is 0.394 e. The molecule has 1 saturated heterocycles. The van der Waals surface area contributed by atoms with Crippen molar-refractivity contribution in [3.63, 3.8) is 0 Å². The minimum atomic E-state index is -0.951. The number of halogens is 2. The maximum absolute atomic E-state index is 14.1. The van der Waals surface area contributed by atoms with Crippen LogP contribution in [0.25, 0.3) is 0 Å². The first kappa shape index (κ1) is 22.6. The molecule has 0 radical (unpaired) electrons. The number of ketones is 1. The van der Waals surface area contributed by atoms with Crippen molar-refractivity contribution in [2.24, 2.45) is 0 Å². The number of hydrogen-bond donors (Lipinski definition) is 3. The Morgan fingerprint density at radius 3 is 2.62 bits per heavy atom. The van der Waals surface area contributed by atoms with Gasteiger partial charge in [0.15, 0.2) is 5.78 Å². The van der Waals surface area contributed by atoms with Gasteiger partial charge in [-0.25, -0.2) is 8.78 Å². The Morgan fingerprint density at radius 2 is 1.91 bits per heavy atom. The Balaban J connectivity index is 1.41. The van der Waals surface area contributed by atoms with Gasteiger partial charge in [-0.15, -0.1) is 0 Å². The van der Waals surface area contributed by atoms with Crippen molar-refractivity contribution in [2.45, 2.75) is 37.5 Å². The normalized spacial score (nSPS) is 19.2. The van der Waals surface area contributed by atoms with E-state index >= 15 is 0 Å². The molecule has 4 rings (SSSR count). The lowest BCUT2D eigenvalue weighted by atomic mass is 9.76. The van der Waals surface area contributed by atoms with Gasteiger partial charge in [0.1, 0.15) is 11.6 Å². The Kier molecular flexibility index (Phi) is 6.46. The fourth-order valence-electron chi connectivity index (χ4n) is 4.79. The van der Waals surface area contributed by atoms with Crippen LogP contribution in [0.3, 0.4) is 0 Å². The Morgan fingerprint density at radius 1 is 1.16 bits per heavy atom. The monoisotopic (exact) mass is 445 g/mol. The number of hydrogen-bond acceptors (Lipinski definition) is 6. The number of nitrogens with zero attached hydrogens (tertiary/aromatic N) is 2. The zero-order valence-electron chi connectivity index (χ0n) is 18.2. The average molecular weight is 446 g/mol. The molecule has 2 aromatic carbocycles. The topological polar surface area (TPSA) is 76.0 Å². The first-order chi connectivity index (χ1) is 15.3. The van der Waals surface area contributed by atoms with Gasteiger partial charge in [0.2, 0.25) is 0 Å². The van der Waals surface area contributed by atoms with Gasteiger partial charge in [0, 0.05) is 56.4 Å². The van der Waals surface area contributed by atoms with Crippen LogP contribution in [-0.2, 0) is 6.54 Å². The third-order valence-electron chi connectivity index (χ3n) is 6.78. The summed E-state index contributed by atoms with van der Waals surface area (Å²) in [5, 5.41) is 21.3. The number of Topliss-reactive ketones (excluding diaryl/α,β-unsaturated/α-hetero) is 1. The maximum Gasteiger partial charge on any atom is 0.167 e. The lowest BCUT2D eigenvalue weighted by molar-refractivity contribution is 0.0865. The van der Waals surface area contributed by atoms with Crippen molar-refractivity contribution >= 4 is 17.2 Å². The molecule has 0 bridgehead atoms. The molecule has 32 heavy (non-hydrogen) atoms. The Hall–Kier alpha value is -2.55. The van der Waals surface area contributed by atoms with E-state index in [9.17, 15) is 18.7 Å². The lowest BCUT2D eigenvalue weighted by Crippen LogP contribution is -2.57. The molecule has 1 atom stereocenters. The van der Waals surface area contributed by atoms with Crippen LogP contribution in [0.5, 0.6) is 0 Å². The van der Waals surface area contributed by atoms with Crippen LogP contribution in [0.4, 0.5) is 20.2 Å². The number of carbonyl (C=O) groups is 1. The molecule has 3 N–H and O–H groups in total. The molecule has 0 amide bonds. The molecule has 2 aliphatic rings. The molecule has 6 nitrogen and oxygen atoms in total. The second kappa shape index (κ2) is 9.13. The van der Waals surface area contributed by atoms with Crippen molar-refractivity contribution in [3.05, 3.63) is 59.2 Å². The van der Waals surface area contributed by atoms with Gasteiger partial charge in [0.25, 0.3) is 0 Å². The van der Waals surface area contributed by atoms with E-state index in [1.807, 2.05) is 7.05 Å². The summed E-state index contributed by atoms with van der Waals surface area (Å²) in [5.41, 5.74) is 2.21. The number of aliphatic hydroxyl groups is 2. The summed E-state index contributed by atoms with van der Waals surface area (Å²) in [4.78, 5) is 17.2. The molecule has 0 aromatic heterocycles. The number of benzene rings is 2. The Labute approximate surface area is 186 Å². The van der Waals surface area contributed by atoms with Crippen LogP contribution in [0.1, 0.15) is 35.2 Å². The zero-order chi connectivity index (χ0) is 22.9. The smallest absolute Gasteiger partial charge is 0.167 e. The number of carbonyl (C=O) groups excluding carboxylic acids is 1. The summed E-state index contributed by atoms with van der Waals surface area (Å²) < 4.78 is 27.7. The molecule has 8 heteroatoms. The van der Waals surface area contributed by atoms with E-state index in [0.29, 0.717) is 24.2 Å². The van der Waals surface area contributed by atoms with E-state index in [4.69, 9.17) is 5.11 Å².